The fourth-order valence-corrected chi connectivity index (χ4v) is 1.65. The van der Waals surface area contributed by atoms with E-state index in [1.165, 1.54) is 0 Å². The lowest BCUT2D eigenvalue weighted by atomic mass is 10.2. The molecule has 0 amide bonds. The molecule has 2 N–H and O–H groups in total. The molecule has 4 nitrogen and oxygen atoms in total. The van der Waals surface area contributed by atoms with E-state index in [-0.39, 0.29) is 16.7 Å². The fourth-order valence-electron chi connectivity index (χ4n) is 1.26. The van der Waals surface area contributed by atoms with Gasteiger partial charge in [-0.3, -0.25) is 4.79 Å². The van der Waals surface area contributed by atoms with Gasteiger partial charge in [-0.05, 0) is 12.1 Å². The summed E-state index contributed by atoms with van der Waals surface area (Å²) in [6, 6.07) is 5.91. The minimum absolute atomic E-state index is 0.178. The molecule has 0 unspecified atom stereocenters. The van der Waals surface area contributed by atoms with Crippen LogP contribution < -0.4 is 5.56 Å². The first-order valence-corrected chi connectivity index (χ1v) is 5.08. The third-order valence-corrected chi connectivity index (χ3v) is 2.75. The van der Waals surface area contributed by atoms with Gasteiger partial charge in [-0.1, -0.05) is 29.3 Å². The summed E-state index contributed by atoms with van der Waals surface area (Å²) in [6.07, 6.45) is 0. The van der Waals surface area contributed by atoms with Crippen LogP contribution in [-0.4, -0.2) is 15.1 Å². The third kappa shape index (κ3) is 2.03. The predicted octanol–water partition coefficient (Wildman–Crippen LogP) is 2.45. The van der Waals surface area contributed by atoms with Gasteiger partial charge in [-0.15, -0.1) is 0 Å². The molecule has 0 fully saturated rings. The number of benzene rings is 1. The lowest BCUT2D eigenvalue weighted by Gasteiger charge is -2.04. The summed E-state index contributed by atoms with van der Waals surface area (Å²) < 4.78 is 0. The number of rotatable bonds is 1. The molecule has 16 heavy (non-hydrogen) atoms. The number of hydrogen-bond donors (Lipinski definition) is 2. The Hall–Kier alpha value is -1.52. The van der Waals surface area contributed by atoms with Crippen LogP contribution in [0.15, 0.2) is 29.1 Å². The van der Waals surface area contributed by atoms with Crippen molar-refractivity contribution >= 4 is 23.2 Å². The van der Waals surface area contributed by atoms with E-state index in [1.807, 2.05) is 0 Å². The van der Waals surface area contributed by atoms with Crippen molar-refractivity contribution in [1.82, 2.24) is 9.97 Å². The predicted molar refractivity (Wildman–Crippen MR) is 62.0 cm³/mol. The molecule has 0 bridgehead atoms. The van der Waals surface area contributed by atoms with Crippen molar-refractivity contribution in [3.05, 3.63) is 44.7 Å². The number of aromatic nitrogens is 2. The van der Waals surface area contributed by atoms with Gasteiger partial charge in [-0.25, -0.2) is 0 Å². The van der Waals surface area contributed by atoms with E-state index < -0.39 is 5.56 Å². The Morgan fingerprint density at radius 2 is 2.06 bits per heavy atom. The average Bonchev–Trinajstić information content (AvgIpc) is 2.20. The zero-order chi connectivity index (χ0) is 11.7. The maximum absolute atomic E-state index is 11.1. The fraction of sp³-hybridized carbons (Fsp3) is 0. The van der Waals surface area contributed by atoms with Crippen molar-refractivity contribution in [2.24, 2.45) is 0 Å². The minimum Gasteiger partial charge on any atom is -0.493 e. The van der Waals surface area contributed by atoms with Gasteiger partial charge in [0.1, 0.15) is 5.82 Å². The molecule has 0 aliphatic heterocycles. The van der Waals surface area contributed by atoms with Gasteiger partial charge in [0, 0.05) is 5.56 Å². The second kappa shape index (κ2) is 4.15. The van der Waals surface area contributed by atoms with E-state index in [9.17, 15) is 9.90 Å². The first-order chi connectivity index (χ1) is 7.58. The molecule has 0 atom stereocenters. The van der Waals surface area contributed by atoms with Crippen LogP contribution in [-0.2, 0) is 0 Å². The quantitative estimate of drug-likeness (QED) is 0.824. The highest BCUT2D eigenvalue weighted by Gasteiger charge is 2.09. The summed E-state index contributed by atoms with van der Waals surface area (Å²) in [7, 11) is 0. The van der Waals surface area contributed by atoms with E-state index in [1.54, 1.807) is 18.2 Å². The smallest absolute Gasteiger partial charge is 0.254 e. The van der Waals surface area contributed by atoms with Crippen LogP contribution in [0.1, 0.15) is 0 Å². The zero-order valence-corrected chi connectivity index (χ0v) is 9.38. The number of halogens is 2. The van der Waals surface area contributed by atoms with Gasteiger partial charge in [0.25, 0.3) is 5.56 Å². The Balaban J connectivity index is 2.67. The minimum atomic E-state index is -0.460. The van der Waals surface area contributed by atoms with Crippen LogP contribution in [0.25, 0.3) is 11.4 Å². The highest BCUT2D eigenvalue weighted by atomic mass is 35.5. The molecular formula is C10H6Cl2N2O2. The molecule has 1 aromatic carbocycles. The first-order valence-electron chi connectivity index (χ1n) is 4.32. The molecule has 82 valence electrons. The maximum Gasteiger partial charge on any atom is 0.254 e. The topological polar surface area (TPSA) is 66.0 Å². The van der Waals surface area contributed by atoms with Crippen molar-refractivity contribution in [3.8, 4) is 17.3 Å². The maximum atomic E-state index is 11.1. The van der Waals surface area contributed by atoms with Crippen molar-refractivity contribution in [1.29, 1.82) is 0 Å². The standard InChI is InChI=1S/C10H6Cl2N2O2/c11-6-3-1-2-5(9(6)12)10-13-7(15)4-8(16)14-10/h1-4H,(H2,13,14,15,16). The van der Waals surface area contributed by atoms with Crippen LogP contribution in [0.5, 0.6) is 5.88 Å². The molecule has 0 radical (unpaired) electrons. The summed E-state index contributed by atoms with van der Waals surface area (Å²) >= 11 is 11.8. The Bertz CT molecular complexity index is 596. The van der Waals surface area contributed by atoms with Crippen LogP contribution in [0.2, 0.25) is 10.0 Å². The van der Waals surface area contributed by atoms with Gasteiger partial charge in [0.05, 0.1) is 16.1 Å². The van der Waals surface area contributed by atoms with Crippen molar-refractivity contribution in [3.63, 3.8) is 0 Å². The second-order valence-electron chi connectivity index (χ2n) is 3.05. The molecule has 0 saturated heterocycles. The third-order valence-electron chi connectivity index (χ3n) is 1.93. The van der Waals surface area contributed by atoms with Crippen molar-refractivity contribution < 1.29 is 5.11 Å². The highest BCUT2D eigenvalue weighted by molar-refractivity contribution is 6.43. The number of aromatic amines is 1. The van der Waals surface area contributed by atoms with E-state index in [4.69, 9.17) is 23.2 Å². The summed E-state index contributed by atoms with van der Waals surface area (Å²) in [5, 5.41) is 9.84. The SMILES string of the molecule is O=c1cc(O)nc(-c2cccc(Cl)c2Cl)[nH]1. The Kier molecular flexibility index (Phi) is 2.85. The summed E-state index contributed by atoms with van der Waals surface area (Å²) in [6.45, 7) is 0. The van der Waals surface area contributed by atoms with Gasteiger partial charge in [-0.2, -0.15) is 4.98 Å². The molecule has 0 aliphatic carbocycles. The molecule has 1 heterocycles. The summed E-state index contributed by atoms with van der Waals surface area (Å²) in [5.74, 6) is -0.188. The van der Waals surface area contributed by atoms with Gasteiger partial charge in [0.2, 0.25) is 5.88 Å². The number of aromatic hydroxyl groups is 1. The molecule has 0 saturated carbocycles. The summed E-state index contributed by atoms with van der Waals surface area (Å²) in [4.78, 5) is 17.4. The lowest BCUT2D eigenvalue weighted by Crippen LogP contribution is -2.06. The molecule has 0 aliphatic rings. The van der Waals surface area contributed by atoms with Crippen LogP contribution in [0.4, 0.5) is 0 Å². The van der Waals surface area contributed by atoms with Crippen LogP contribution in [0.3, 0.4) is 0 Å². The summed E-state index contributed by atoms with van der Waals surface area (Å²) in [5.41, 5.74) is 0.000656. The van der Waals surface area contributed by atoms with E-state index in [2.05, 4.69) is 9.97 Å². The highest BCUT2D eigenvalue weighted by Crippen LogP contribution is 2.31. The lowest BCUT2D eigenvalue weighted by molar-refractivity contribution is 0.452. The number of H-pyrrole nitrogens is 1. The number of nitrogens with one attached hydrogen (secondary N) is 1. The normalized spacial score (nSPS) is 10.4. The second-order valence-corrected chi connectivity index (χ2v) is 3.84. The zero-order valence-electron chi connectivity index (χ0n) is 7.87. The molecule has 0 spiro atoms. The monoisotopic (exact) mass is 256 g/mol. The van der Waals surface area contributed by atoms with Crippen LogP contribution in [0, 0.1) is 0 Å². The Morgan fingerprint density at radius 1 is 1.31 bits per heavy atom. The largest absolute Gasteiger partial charge is 0.493 e. The average molecular weight is 257 g/mol. The van der Waals surface area contributed by atoms with Crippen molar-refractivity contribution in [2.75, 3.05) is 0 Å². The van der Waals surface area contributed by atoms with E-state index in [0.717, 1.165) is 6.07 Å². The van der Waals surface area contributed by atoms with Gasteiger partial charge >= 0.3 is 0 Å². The molecular weight excluding hydrogens is 251 g/mol. The first kappa shape index (κ1) is 11.0. The van der Waals surface area contributed by atoms with E-state index >= 15 is 0 Å². The molecule has 2 rings (SSSR count). The Morgan fingerprint density at radius 3 is 2.75 bits per heavy atom. The van der Waals surface area contributed by atoms with E-state index in [0.29, 0.717) is 10.6 Å². The molecule has 6 heteroatoms. The van der Waals surface area contributed by atoms with Gasteiger partial charge in [0.15, 0.2) is 0 Å². The Labute approximate surface area is 100 Å². The number of hydrogen-bond acceptors (Lipinski definition) is 3. The van der Waals surface area contributed by atoms with Gasteiger partial charge < -0.3 is 10.1 Å². The molecule has 2 aromatic rings. The number of nitrogens with zero attached hydrogens (tertiary/aromatic N) is 1. The van der Waals surface area contributed by atoms with Crippen molar-refractivity contribution in [2.45, 2.75) is 0 Å². The molecule has 1 aromatic heterocycles. The van der Waals surface area contributed by atoms with Crippen LogP contribution >= 0.6 is 23.2 Å².